The molecular weight excluding hydrogens is 224 g/mol. The quantitative estimate of drug-likeness (QED) is 0.714. The molecule has 4 heteroatoms. The van der Waals surface area contributed by atoms with E-state index in [0.717, 1.165) is 16.8 Å². The Balaban J connectivity index is 0.000000203. The van der Waals surface area contributed by atoms with Crippen molar-refractivity contribution in [2.45, 2.75) is 18.2 Å². The monoisotopic (exact) mass is 236 g/mol. The standard InChI is InChI=1S/C9H8N2O.C3H5Cl/c1-12-7-2-3-8-9(6-7)11-5-4-10-8;4-3-1-2-3/h2-6H,1H3;3H,1-2H2. The smallest absolute Gasteiger partial charge is 0.121 e. The van der Waals surface area contributed by atoms with Crippen molar-refractivity contribution in [3.8, 4) is 5.75 Å². The van der Waals surface area contributed by atoms with E-state index in [1.165, 1.54) is 12.8 Å². The predicted octanol–water partition coefficient (Wildman–Crippen LogP) is 3.03. The molecule has 1 aliphatic carbocycles. The van der Waals surface area contributed by atoms with E-state index in [1.54, 1.807) is 19.5 Å². The average Bonchev–Trinajstić information content (AvgIpc) is 3.12. The summed E-state index contributed by atoms with van der Waals surface area (Å²) in [5.41, 5.74) is 1.75. The molecule has 3 nitrogen and oxygen atoms in total. The first-order valence-electron chi connectivity index (χ1n) is 5.18. The number of halogens is 1. The third kappa shape index (κ3) is 3.07. The topological polar surface area (TPSA) is 35.0 Å². The van der Waals surface area contributed by atoms with Crippen LogP contribution in [0, 0.1) is 0 Å². The van der Waals surface area contributed by atoms with Gasteiger partial charge in [-0.1, -0.05) is 0 Å². The fraction of sp³-hybridized carbons (Fsp3) is 0.333. The van der Waals surface area contributed by atoms with Gasteiger partial charge in [-0.3, -0.25) is 9.97 Å². The lowest BCUT2D eigenvalue weighted by Gasteiger charge is -1.99. The SMILES string of the molecule is COc1ccc2nccnc2c1.ClC1CC1. The molecule has 1 aromatic heterocycles. The number of hydrogen-bond donors (Lipinski definition) is 0. The predicted molar refractivity (Wildman–Crippen MR) is 65.0 cm³/mol. The van der Waals surface area contributed by atoms with Crippen molar-refractivity contribution < 1.29 is 4.74 Å². The second kappa shape index (κ2) is 5.12. The summed E-state index contributed by atoms with van der Waals surface area (Å²) in [5, 5.41) is 0.556. The van der Waals surface area contributed by atoms with Gasteiger partial charge in [0.1, 0.15) is 5.75 Å². The molecule has 84 valence electrons. The molecule has 16 heavy (non-hydrogen) atoms. The van der Waals surface area contributed by atoms with Crippen LogP contribution in [0.15, 0.2) is 30.6 Å². The van der Waals surface area contributed by atoms with Crippen LogP contribution in [0.4, 0.5) is 0 Å². The molecule has 1 fully saturated rings. The van der Waals surface area contributed by atoms with E-state index in [0.29, 0.717) is 5.38 Å². The Morgan fingerprint density at radius 1 is 1.19 bits per heavy atom. The second-order valence-electron chi connectivity index (χ2n) is 3.59. The highest BCUT2D eigenvalue weighted by Crippen LogP contribution is 2.25. The number of methoxy groups -OCH3 is 1. The normalized spacial score (nSPS) is 14.1. The van der Waals surface area contributed by atoms with Gasteiger partial charge in [0.25, 0.3) is 0 Å². The summed E-state index contributed by atoms with van der Waals surface area (Å²) >= 11 is 5.39. The summed E-state index contributed by atoms with van der Waals surface area (Å²) in [4.78, 5) is 8.29. The van der Waals surface area contributed by atoms with E-state index in [4.69, 9.17) is 16.3 Å². The molecule has 0 spiro atoms. The Bertz CT molecular complexity index is 471. The third-order valence-electron chi connectivity index (χ3n) is 2.18. The zero-order valence-electron chi connectivity index (χ0n) is 9.06. The summed E-state index contributed by atoms with van der Waals surface area (Å²) in [5.74, 6) is 0.808. The van der Waals surface area contributed by atoms with Gasteiger partial charge in [0.2, 0.25) is 0 Å². The summed E-state index contributed by atoms with van der Waals surface area (Å²) in [7, 11) is 1.64. The molecule has 0 radical (unpaired) electrons. The van der Waals surface area contributed by atoms with Crippen LogP contribution < -0.4 is 4.74 Å². The second-order valence-corrected chi connectivity index (χ2v) is 4.20. The van der Waals surface area contributed by atoms with Gasteiger partial charge in [0.15, 0.2) is 0 Å². The van der Waals surface area contributed by atoms with Gasteiger partial charge in [-0.25, -0.2) is 0 Å². The van der Waals surface area contributed by atoms with Gasteiger partial charge >= 0.3 is 0 Å². The van der Waals surface area contributed by atoms with Crippen LogP contribution in [-0.4, -0.2) is 22.5 Å². The van der Waals surface area contributed by atoms with Gasteiger partial charge in [0, 0.05) is 23.8 Å². The zero-order chi connectivity index (χ0) is 11.4. The zero-order valence-corrected chi connectivity index (χ0v) is 9.81. The Kier molecular flexibility index (Phi) is 3.57. The lowest BCUT2D eigenvalue weighted by molar-refractivity contribution is 0.415. The van der Waals surface area contributed by atoms with Crippen molar-refractivity contribution in [1.29, 1.82) is 0 Å². The molecule has 2 aromatic rings. The summed E-state index contributed by atoms with van der Waals surface area (Å²) in [6.07, 6.45) is 5.85. The van der Waals surface area contributed by atoms with Crippen LogP contribution in [0.25, 0.3) is 11.0 Å². The summed E-state index contributed by atoms with van der Waals surface area (Å²) in [6, 6.07) is 5.63. The molecule has 1 heterocycles. The largest absolute Gasteiger partial charge is 0.497 e. The van der Waals surface area contributed by atoms with Crippen molar-refractivity contribution in [1.82, 2.24) is 9.97 Å². The van der Waals surface area contributed by atoms with Crippen molar-refractivity contribution in [2.24, 2.45) is 0 Å². The number of fused-ring (bicyclic) bond motifs is 1. The average molecular weight is 237 g/mol. The van der Waals surface area contributed by atoms with Crippen LogP contribution in [0.1, 0.15) is 12.8 Å². The Morgan fingerprint density at radius 2 is 1.81 bits per heavy atom. The van der Waals surface area contributed by atoms with Crippen LogP contribution in [0.2, 0.25) is 0 Å². The molecular formula is C12H13ClN2O. The van der Waals surface area contributed by atoms with E-state index < -0.39 is 0 Å². The fourth-order valence-electron chi connectivity index (χ4n) is 1.13. The number of alkyl halides is 1. The number of rotatable bonds is 1. The highest BCUT2D eigenvalue weighted by Gasteiger charge is 2.15. The molecule has 0 bridgehead atoms. The summed E-state index contributed by atoms with van der Waals surface area (Å²) < 4.78 is 5.05. The number of nitrogens with zero attached hydrogens (tertiary/aromatic N) is 2. The molecule has 0 amide bonds. The van der Waals surface area contributed by atoms with Gasteiger partial charge in [0.05, 0.1) is 18.1 Å². The van der Waals surface area contributed by atoms with Crippen LogP contribution in [0.3, 0.4) is 0 Å². The first-order valence-corrected chi connectivity index (χ1v) is 5.62. The molecule has 1 saturated carbocycles. The van der Waals surface area contributed by atoms with E-state index in [9.17, 15) is 0 Å². The summed E-state index contributed by atoms with van der Waals surface area (Å²) in [6.45, 7) is 0. The lowest BCUT2D eigenvalue weighted by Crippen LogP contribution is -1.85. The minimum atomic E-state index is 0.556. The minimum absolute atomic E-state index is 0.556. The molecule has 0 N–H and O–H groups in total. The Morgan fingerprint density at radius 3 is 2.38 bits per heavy atom. The minimum Gasteiger partial charge on any atom is -0.497 e. The van der Waals surface area contributed by atoms with E-state index in [-0.39, 0.29) is 0 Å². The molecule has 1 aliphatic rings. The van der Waals surface area contributed by atoms with Crippen molar-refractivity contribution >= 4 is 22.6 Å². The maximum absolute atomic E-state index is 5.39. The molecule has 0 atom stereocenters. The number of hydrogen-bond acceptors (Lipinski definition) is 3. The van der Waals surface area contributed by atoms with E-state index >= 15 is 0 Å². The molecule has 1 aromatic carbocycles. The van der Waals surface area contributed by atoms with Crippen molar-refractivity contribution in [3.63, 3.8) is 0 Å². The number of aromatic nitrogens is 2. The first-order chi connectivity index (χ1) is 7.79. The fourth-order valence-corrected chi connectivity index (χ4v) is 1.26. The maximum Gasteiger partial charge on any atom is 0.121 e. The number of ether oxygens (including phenoxy) is 1. The van der Waals surface area contributed by atoms with Crippen molar-refractivity contribution in [3.05, 3.63) is 30.6 Å². The Hall–Kier alpha value is -1.35. The number of benzene rings is 1. The highest BCUT2D eigenvalue weighted by molar-refractivity contribution is 6.22. The molecule has 3 rings (SSSR count). The highest BCUT2D eigenvalue weighted by atomic mass is 35.5. The first kappa shape index (κ1) is 11.1. The third-order valence-corrected chi connectivity index (χ3v) is 2.62. The molecule has 0 unspecified atom stereocenters. The Labute approximate surface area is 99.4 Å². The molecule has 0 saturated heterocycles. The van der Waals surface area contributed by atoms with Crippen LogP contribution in [-0.2, 0) is 0 Å². The molecule has 0 aliphatic heterocycles. The van der Waals surface area contributed by atoms with Gasteiger partial charge < -0.3 is 4.74 Å². The van der Waals surface area contributed by atoms with E-state index in [1.807, 2.05) is 18.2 Å². The van der Waals surface area contributed by atoms with Crippen molar-refractivity contribution in [2.75, 3.05) is 7.11 Å². The maximum atomic E-state index is 5.39. The van der Waals surface area contributed by atoms with Gasteiger partial charge in [-0.15, -0.1) is 11.6 Å². The van der Waals surface area contributed by atoms with Gasteiger partial charge in [-0.05, 0) is 25.0 Å². The van der Waals surface area contributed by atoms with E-state index in [2.05, 4.69) is 9.97 Å². The van der Waals surface area contributed by atoms with Crippen LogP contribution in [0.5, 0.6) is 5.75 Å². The van der Waals surface area contributed by atoms with Gasteiger partial charge in [-0.2, -0.15) is 0 Å². The van der Waals surface area contributed by atoms with Crippen LogP contribution >= 0.6 is 11.6 Å². The lowest BCUT2D eigenvalue weighted by atomic mass is 10.3.